The Hall–Kier alpha value is -0.790. The Morgan fingerprint density at radius 3 is 1.42 bits per heavy atom. The average molecular weight is 436 g/mol. The molecule has 184 valence electrons. The van der Waals surface area contributed by atoms with Gasteiger partial charge in [-0.3, -0.25) is 4.79 Å². The first-order valence-corrected chi connectivity index (χ1v) is 14.1. The fraction of sp³-hybridized carbons (Fsp3) is 0.897. The van der Waals surface area contributed by atoms with Gasteiger partial charge >= 0.3 is 0 Å². The molecule has 0 heterocycles. The molecule has 0 spiro atoms. The molecule has 0 radical (unpaired) electrons. The summed E-state index contributed by atoms with van der Waals surface area (Å²) in [6, 6.07) is 0. The molecule has 1 amide bonds. The summed E-state index contributed by atoms with van der Waals surface area (Å²) in [5.41, 5.74) is 0. The highest BCUT2D eigenvalue weighted by molar-refractivity contribution is 5.75. The van der Waals surface area contributed by atoms with Gasteiger partial charge in [-0.25, -0.2) is 0 Å². The summed E-state index contributed by atoms with van der Waals surface area (Å²) in [5, 5.41) is 0. The number of hydrogen-bond acceptors (Lipinski definition) is 1. The summed E-state index contributed by atoms with van der Waals surface area (Å²) < 4.78 is 0. The smallest absolute Gasteiger partial charge is 0.222 e. The van der Waals surface area contributed by atoms with Gasteiger partial charge in [-0.15, -0.1) is 0 Å². The highest BCUT2D eigenvalue weighted by Crippen LogP contribution is 2.12. The third-order valence-corrected chi connectivity index (χ3v) is 6.43. The zero-order valence-electron chi connectivity index (χ0n) is 21.8. The minimum Gasteiger partial charge on any atom is -0.346 e. The monoisotopic (exact) mass is 435 g/mol. The molecule has 0 unspecified atom stereocenters. The second kappa shape index (κ2) is 25.5. The van der Waals surface area contributed by atoms with Crippen LogP contribution >= 0.6 is 0 Å². The van der Waals surface area contributed by atoms with Gasteiger partial charge < -0.3 is 4.90 Å². The quantitative estimate of drug-likeness (QED) is 0.109. The van der Waals surface area contributed by atoms with E-state index in [0.29, 0.717) is 5.91 Å². The van der Waals surface area contributed by atoms with E-state index in [1.54, 1.807) is 0 Å². The lowest BCUT2D eigenvalue weighted by Gasteiger charge is -2.17. The number of hydrogen-bond donors (Lipinski definition) is 0. The molecular weight excluding hydrogens is 378 g/mol. The van der Waals surface area contributed by atoms with Crippen LogP contribution in [0.2, 0.25) is 0 Å². The standard InChI is InChI=1S/C29H57NO/c1-4-6-8-10-12-14-15-16-17-18-19-20-21-23-25-27-29(31)30(3)28-26-24-22-13-11-9-7-5-2/h16-17H,4-15,18-28H2,1-3H3. The van der Waals surface area contributed by atoms with Gasteiger partial charge in [0.25, 0.3) is 0 Å². The van der Waals surface area contributed by atoms with Crippen molar-refractivity contribution in [3.63, 3.8) is 0 Å². The summed E-state index contributed by atoms with van der Waals surface area (Å²) in [4.78, 5) is 14.2. The van der Waals surface area contributed by atoms with E-state index in [0.717, 1.165) is 19.4 Å². The van der Waals surface area contributed by atoms with Crippen LogP contribution in [0.15, 0.2) is 12.2 Å². The maximum Gasteiger partial charge on any atom is 0.222 e. The van der Waals surface area contributed by atoms with Gasteiger partial charge in [0.05, 0.1) is 0 Å². The zero-order valence-corrected chi connectivity index (χ0v) is 21.8. The Morgan fingerprint density at radius 1 is 0.548 bits per heavy atom. The zero-order chi connectivity index (χ0) is 22.8. The van der Waals surface area contributed by atoms with Gasteiger partial charge in [0.15, 0.2) is 0 Å². The van der Waals surface area contributed by atoms with Crippen molar-refractivity contribution < 1.29 is 4.79 Å². The van der Waals surface area contributed by atoms with Crippen molar-refractivity contribution in [3.8, 4) is 0 Å². The predicted molar refractivity (Wildman–Crippen MR) is 140 cm³/mol. The first-order chi connectivity index (χ1) is 15.2. The van der Waals surface area contributed by atoms with E-state index in [1.165, 1.54) is 128 Å². The second-order valence-electron chi connectivity index (χ2n) is 9.62. The number of amides is 1. The maximum absolute atomic E-state index is 12.2. The summed E-state index contributed by atoms with van der Waals surface area (Å²) in [6.07, 6.45) is 33.1. The van der Waals surface area contributed by atoms with Crippen LogP contribution < -0.4 is 0 Å². The molecule has 0 aromatic heterocycles. The van der Waals surface area contributed by atoms with Crippen LogP contribution in [0.5, 0.6) is 0 Å². The third-order valence-electron chi connectivity index (χ3n) is 6.43. The summed E-state index contributed by atoms with van der Waals surface area (Å²) in [6.45, 7) is 5.49. The Bertz CT molecular complexity index is 390. The number of carbonyl (C=O) groups excluding carboxylic acids is 1. The molecule has 0 aliphatic heterocycles. The van der Waals surface area contributed by atoms with E-state index >= 15 is 0 Å². The van der Waals surface area contributed by atoms with Gasteiger partial charge in [0.1, 0.15) is 0 Å². The Morgan fingerprint density at radius 2 is 0.935 bits per heavy atom. The Labute approximate surface area is 196 Å². The van der Waals surface area contributed by atoms with E-state index in [4.69, 9.17) is 0 Å². The van der Waals surface area contributed by atoms with Crippen LogP contribution in [-0.2, 0) is 4.79 Å². The molecule has 0 aromatic rings. The van der Waals surface area contributed by atoms with Crippen molar-refractivity contribution in [2.45, 2.75) is 155 Å². The molecule has 2 heteroatoms. The van der Waals surface area contributed by atoms with E-state index < -0.39 is 0 Å². The molecule has 0 bridgehead atoms. The lowest BCUT2D eigenvalue weighted by Crippen LogP contribution is -2.27. The number of nitrogens with zero attached hydrogens (tertiary/aromatic N) is 1. The number of carbonyl (C=O) groups is 1. The van der Waals surface area contributed by atoms with Crippen LogP contribution in [0.1, 0.15) is 155 Å². The van der Waals surface area contributed by atoms with E-state index in [9.17, 15) is 4.79 Å². The lowest BCUT2D eigenvalue weighted by molar-refractivity contribution is -0.130. The van der Waals surface area contributed by atoms with Crippen molar-refractivity contribution in [2.24, 2.45) is 0 Å². The van der Waals surface area contributed by atoms with Crippen LogP contribution in [0.25, 0.3) is 0 Å². The van der Waals surface area contributed by atoms with Crippen LogP contribution in [0.3, 0.4) is 0 Å². The molecule has 0 rings (SSSR count). The highest BCUT2D eigenvalue weighted by atomic mass is 16.2. The Kier molecular flexibility index (Phi) is 24.8. The van der Waals surface area contributed by atoms with Crippen molar-refractivity contribution in [1.29, 1.82) is 0 Å². The van der Waals surface area contributed by atoms with Crippen molar-refractivity contribution >= 4 is 5.91 Å². The molecule has 0 saturated carbocycles. The minimum atomic E-state index is 0.348. The lowest BCUT2D eigenvalue weighted by atomic mass is 10.1. The van der Waals surface area contributed by atoms with Crippen molar-refractivity contribution in [1.82, 2.24) is 4.90 Å². The van der Waals surface area contributed by atoms with Gasteiger partial charge in [0, 0.05) is 20.0 Å². The van der Waals surface area contributed by atoms with Crippen molar-refractivity contribution in [2.75, 3.05) is 13.6 Å². The molecule has 0 N–H and O–H groups in total. The molecule has 0 aromatic carbocycles. The van der Waals surface area contributed by atoms with Gasteiger partial charge in [0.2, 0.25) is 5.91 Å². The molecule has 0 aliphatic carbocycles. The topological polar surface area (TPSA) is 20.3 Å². The van der Waals surface area contributed by atoms with Gasteiger partial charge in [-0.1, -0.05) is 122 Å². The number of rotatable bonds is 24. The molecular formula is C29H57NO. The average Bonchev–Trinajstić information content (AvgIpc) is 2.77. The predicted octanol–water partition coefficient (Wildman–Crippen LogP) is 9.62. The van der Waals surface area contributed by atoms with Crippen molar-refractivity contribution in [3.05, 3.63) is 12.2 Å². The fourth-order valence-corrected chi connectivity index (χ4v) is 4.15. The van der Waals surface area contributed by atoms with E-state index in [-0.39, 0.29) is 0 Å². The van der Waals surface area contributed by atoms with Crippen LogP contribution in [0, 0.1) is 0 Å². The third kappa shape index (κ3) is 23.7. The molecule has 0 aliphatic rings. The maximum atomic E-state index is 12.2. The minimum absolute atomic E-state index is 0.348. The van der Waals surface area contributed by atoms with E-state index in [2.05, 4.69) is 26.0 Å². The number of allylic oxidation sites excluding steroid dienone is 2. The molecule has 0 saturated heterocycles. The SMILES string of the molecule is CCCCCCCCC=CCCCCCCCC(=O)N(C)CCCCCCCCCC. The van der Waals surface area contributed by atoms with Gasteiger partial charge in [-0.05, 0) is 38.5 Å². The molecule has 0 atom stereocenters. The molecule has 31 heavy (non-hydrogen) atoms. The molecule has 2 nitrogen and oxygen atoms in total. The second-order valence-corrected chi connectivity index (χ2v) is 9.62. The first kappa shape index (κ1) is 30.2. The summed E-state index contributed by atoms with van der Waals surface area (Å²) in [7, 11) is 1.99. The largest absolute Gasteiger partial charge is 0.346 e. The van der Waals surface area contributed by atoms with Gasteiger partial charge in [-0.2, -0.15) is 0 Å². The van der Waals surface area contributed by atoms with Crippen LogP contribution in [0.4, 0.5) is 0 Å². The first-order valence-electron chi connectivity index (χ1n) is 14.1. The normalized spacial score (nSPS) is 11.5. The summed E-state index contributed by atoms with van der Waals surface area (Å²) in [5.74, 6) is 0.348. The molecule has 0 fully saturated rings. The van der Waals surface area contributed by atoms with Crippen LogP contribution in [-0.4, -0.2) is 24.4 Å². The highest BCUT2D eigenvalue weighted by Gasteiger charge is 2.07. The fourth-order valence-electron chi connectivity index (χ4n) is 4.15. The Balaban J connectivity index is 3.34. The summed E-state index contributed by atoms with van der Waals surface area (Å²) >= 11 is 0. The number of unbranched alkanes of at least 4 members (excludes halogenated alkanes) is 18. The van der Waals surface area contributed by atoms with E-state index in [1.807, 2.05) is 11.9 Å².